The van der Waals surface area contributed by atoms with E-state index in [1.807, 2.05) is 24.3 Å². The maximum Gasteiger partial charge on any atom is 0.165 e. The molecule has 244 valence electrons. The number of allylic oxidation sites excluding steroid dienone is 2. The molecule has 7 aromatic carbocycles. The second-order valence-electron chi connectivity index (χ2n) is 13.8. The minimum absolute atomic E-state index is 0.249. The Labute approximate surface area is 301 Å². The number of benzene rings is 7. The predicted octanol–water partition coefficient (Wildman–Crippen LogP) is 11.9. The van der Waals surface area contributed by atoms with Crippen molar-refractivity contribution in [1.82, 2.24) is 14.5 Å². The van der Waals surface area contributed by atoms with Gasteiger partial charge >= 0.3 is 0 Å². The molecule has 0 radical (unpaired) electrons. The summed E-state index contributed by atoms with van der Waals surface area (Å²) in [5.41, 5.74) is 12.0. The van der Waals surface area contributed by atoms with E-state index in [4.69, 9.17) is 9.97 Å². The van der Waals surface area contributed by atoms with Gasteiger partial charge in [-0.3, -0.25) is 4.57 Å². The molecule has 2 aromatic heterocycles. The zero-order chi connectivity index (χ0) is 34.2. The van der Waals surface area contributed by atoms with E-state index in [1.165, 1.54) is 44.0 Å². The van der Waals surface area contributed by atoms with Crippen LogP contribution in [0.1, 0.15) is 11.5 Å². The maximum atomic E-state index is 5.39. The second kappa shape index (κ2) is 11.4. The van der Waals surface area contributed by atoms with Crippen LogP contribution in [0.3, 0.4) is 0 Å². The summed E-state index contributed by atoms with van der Waals surface area (Å²) < 4.78 is 2.34. The molecule has 0 bridgehead atoms. The van der Waals surface area contributed by atoms with Gasteiger partial charge in [-0.25, -0.2) is 9.97 Å². The average molecular weight is 665 g/mol. The summed E-state index contributed by atoms with van der Waals surface area (Å²) >= 11 is 0. The number of hydrogen-bond acceptors (Lipinski definition) is 3. The van der Waals surface area contributed by atoms with E-state index in [0.717, 1.165) is 44.7 Å². The van der Waals surface area contributed by atoms with Crippen LogP contribution in [0.5, 0.6) is 0 Å². The van der Waals surface area contributed by atoms with Gasteiger partial charge in [-0.2, -0.15) is 0 Å². The molecule has 1 aliphatic carbocycles. The SMILES string of the molecule is C1=CC2c3ccc(-c4ccc5c6c7ccccc7ccc6n(-c6nc7ccccc7nc6-c6ccccc6)c5c4)cc3N(c3ccccc3)C2C=C1. The normalized spacial score (nSPS) is 16.3. The maximum absolute atomic E-state index is 5.39. The summed E-state index contributed by atoms with van der Waals surface area (Å²) in [4.78, 5) is 13.2. The summed E-state index contributed by atoms with van der Waals surface area (Å²) in [5.74, 6) is 1.14. The first-order valence-electron chi connectivity index (χ1n) is 17.9. The third kappa shape index (κ3) is 4.34. The Morgan fingerprint density at radius 3 is 2.08 bits per heavy atom. The standard InChI is InChI=1S/C48H32N4/c1-3-14-32(15-4-1)47-48(50-41-21-11-10-20-40(41)49-47)52-43-28-25-31-13-7-8-18-36(31)46(43)39-27-24-34(30-45(39)52)33-23-26-38-37-19-9-12-22-42(37)51(44(38)29-33)35-16-5-2-6-17-35/h1-30,37,42H. The first-order chi connectivity index (χ1) is 25.8. The molecular weight excluding hydrogens is 633 g/mol. The van der Waals surface area contributed by atoms with Crippen molar-refractivity contribution in [2.24, 2.45) is 0 Å². The molecule has 0 saturated carbocycles. The van der Waals surface area contributed by atoms with Crippen molar-refractivity contribution in [3.63, 3.8) is 0 Å². The van der Waals surface area contributed by atoms with Crippen LogP contribution in [0.25, 0.3) is 71.8 Å². The minimum atomic E-state index is 0.249. The van der Waals surface area contributed by atoms with Crippen LogP contribution in [0, 0.1) is 0 Å². The molecule has 2 unspecified atom stereocenters. The van der Waals surface area contributed by atoms with Crippen LogP contribution < -0.4 is 4.90 Å². The van der Waals surface area contributed by atoms with Crippen LogP contribution >= 0.6 is 0 Å². The van der Waals surface area contributed by atoms with E-state index in [0.29, 0.717) is 5.92 Å². The molecule has 0 spiro atoms. The van der Waals surface area contributed by atoms with Gasteiger partial charge in [0.1, 0.15) is 5.69 Å². The molecule has 2 atom stereocenters. The van der Waals surface area contributed by atoms with E-state index in [9.17, 15) is 0 Å². The highest BCUT2D eigenvalue weighted by molar-refractivity contribution is 6.22. The van der Waals surface area contributed by atoms with Gasteiger partial charge < -0.3 is 4.90 Å². The van der Waals surface area contributed by atoms with Gasteiger partial charge in [0.25, 0.3) is 0 Å². The van der Waals surface area contributed by atoms with Gasteiger partial charge in [0, 0.05) is 33.6 Å². The van der Waals surface area contributed by atoms with Crippen molar-refractivity contribution in [2.75, 3.05) is 4.90 Å². The molecule has 0 N–H and O–H groups in total. The van der Waals surface area contributed by atoms with Crippen LogP contribution in [-0.4, -0.2) is 20.6 Å². The van der Waals surface area contributed by atoms with Crippen molar-refractivity contribution in [1.29, 1.82) is 0 Å². The molecule has 0 saturated heterocycles. The topological polar surface area (TPSA) is 34.0 Å². The molecule has 0 fully saturated rings. The molecule has 9 aromatic rings. The van der Waals surface area contributed by atoms with Gasteiger partial charge in [0.15, 0.2) is 5.82 Å². The number of rotatable bonds is 4. The number of anilines is 2. The molecular formula is C48H32N4. The Morgan fingerprint density at radius 2 is 1.21 bits per heavy atom. The zero-order valence-corrected chi connectivity index (χ0v) is 28.3. The van der Waals surface area contributed by atoms with Gasteiger partial charge in [-0.05, 0) is 69.9 Å². The Morgan fingerprint density at radius 1 is 0.500 bits per heavy atom. The van der Waals surface area contributed by atoms with Gasteiger partial charge in [-0.1, -0.05) is 140 Å². The highest BCUT2D eigenvalue weighted by atomic mass is 15.2. The lowest BCUT2D eigenvalue weighted by Crippen LogP contribution is -2.28. The largest absolute Gasteiger partial charge is 0.333 e. The predicted molar refractivity (Wildman–Crippen MR) is 216 cm³/mol. The molecule has 3 heterocycles. The molecule has 52 heavy (non-hydrogen) atoms. The lowest BCUT2D eigenvalue weighted by Gasteiger charge is -2.28. The van der Waals surface area contributed by atoms with Crippen LogP contribution in [0.2, 0.25) is 0 Å². The van der Waals surface area contributed by atoms with Gasteiger partial charge in [0.05, 0.1) is 28.1 Å². The third-order valence-corrected chi connectivity index (χ3v) is 10.9. The molecule has 4 nitrogen and oxygen atoms in total. The van der Waals surface area contributed by atoms with E-state index in [1.54, 1.807) is 0 Å². The van der Waals surface area contributed by atoms with E-state index in [-0.39, 0.29) is 6.04 Å². The van der Waals surface area contributed by atoms with E-state index in [2.05, 4.69) is 167 Å². The molecule has 2 aliphatic rings. The van der Waals surface area contributed by atoms with Crippen molar-refractivity contribution < 1.29 is 0 Å². The van der Waals surface area contributed by atoms with Gasteiger partial charge in [-0.15, -0.1) is 0 Å². The first kappa shape index (κ1) is 29.0. The number of hydrogen-bond donors (Lipinski definition) is 0. The smallest absolute Gasteiger partial charge is 0.165 e. The Kier molecular flexibility index (Phi) is 6.34. The summed E-state index contributed by atoms with van der Waals surface area (Å²) in [6.45, 7) is 0. The Hall–Kier alpha value is -6.78. The summed E-state index contributed by atoms with van der Waals surface area (Å²) in [5, 5.41) is 4.86. The fourth-order valence-electron chi connectivity index (χ4n) is 8.54. The number of para-hydroxylation sites is 3. The molecule has 0 amide bonds. The van der Waals surface area contributed by atoms with Crippen LogP contribution in [-0.2, 0) is 0 Å². The third-order valence-electron chi connectivity index (χ3n) is 10.9. The van der Waals surface area contributed by atoms with E-state index >= 15 is 0 Å². The fourth-order valence-corrected chi connectivity index (χ4v) is 8.54. The quantitative estimate of drug-likeness (QED) is 0.188. The summed E-state index contributed by atoms with van der Waals surface area (Å²) in [6.07, 6.45) is 9.04. The highest BCUT2D eigenvalue weighted by Crippen LogP contribution is 2.49. The molecule has 1 aliphatic heterocycles. The Bertz CT molecular complexity index is 2920. The lowest BCUT2D eigenvalue weighted by atomic mass is 9.90. The summed E-state index contributed by atoms with van der Waals surface area (Å²) in [6, 6.07) is 56.8. The second-order valence-corrected chi connectivity index (χ2v) is 13.8. The van der Waals surface area contributed by atoms with Crippen molar-refractivity contribution >= 4 is 55.0 Å². The van der Waals surface area contributed by atoms with Crippen molar-refractivity contribution in [3.05, 3.63) is 188 Å². The fraction of sp³-hybridized carbons (Fsp3) is 0.0417. The number of nitrogens with zero attached hydrogens (tertiary/aromatic N) is 4. The van der Waals surface area contributed by atoms with Crippen molar-refractivity contribution in [3.8, 4) is 28.2 Å². The van der Waals surface area contributed by atoms with Crippen molar-refractivity contribution in [2.45, 2.75) is 12.0 Å². The highest BCUT2D eigenvalue weighted by Gasteiger charge is 2.37. The van der Waals surface area contributed by atoms with E-state index < -0.39 is 0 Å². The monoisotopic (exact) mass is 664 g/mol. The first-order valence-corrected chi connectivity index (χ1v) is 17.9. The van der Waals surface area contributed by atoms with Gasteiger partial charge in [0.2, 0.25) is 0 Å². The number of fused-ring (bicyclic) bond motifs is 9. The Balaban J connectivity index is 1.19. The summed E-state index contributed by atoms with van der Waals surface area (Å²) in [7, 11) is 0. The van der Waals surface area contributed by atoms with Crippen LogP contribution in [0.15, 0.2) is 182 Å². The molecule has 11 rings (SSSR count). The lowest BCUT2D eigenvalue weighted by molar-refractivity contribution is 0.745. The van der Waals surface area contributed by atoms with Crippen LogP contribution in [0.4, 0.5) is 11.4 Å². The molecule has 4 heteroatoms. The zero-order valence-electron chi connectivity index (χ0n) is 28.3. The minimum Gasteiger partial charge on any atom is -0.333 e. The number of aromatic nitrogens is 3. The average Bonchev–Trinajstić information content (AvgIpc) is 3.73.